The zero-order valence-corrected chi connectivity index (χ0v) is 16.6. The molecule has 8 nitrogen and oxygen atoms in total. The summed E-state index contributed by atoms with van der Waals surface area (Å²) in [6.45, 7) is 1.88. The number of carbonyl (C=O) groups excluding carboxylic acids is 1. The predicted molar refractivity (Wildman–Crippen MR) is 107 cm³/mol. The van der Waals surface area contributed by atoms with Crippen molar-refractivity contribution < 1.29 is 13.2 Å². The van der Waals surface area contributed by atoms with Gasteiger partial charge in [0.1, 0.15) is 11.6 Å². The van der Waals surface area contributed by atoms with Crippen molar-refractivity contribution in [2.24, 2.45) is 7.05 Å². The van der Waals surface area contributed by atoms with Crippen LogP contribution in [0, 0.1) is 0 Å². The second-order valence-corrected chi connectivity index (χ2v) is 9.48. The normalized spacial score (nSPS) is 19.9. The lowest BCUT2D eigenvalue weighted by Crippen LogP contribution is -2.40. The Balaban J connectivity index is 1.84. The number of nitrogens with one attached hydrogen (secondary N) is 1. The van der Waals surface area contributed by atoms with E-state index in [4.69, 9.17) is 0 Å². The minimum Gasteiger partial charge on any atom is -0.351 e. The first-order valence-corrected chi connectivity index (χ1v) is 11.1. The van der Waals surface area contributed by atoms with Gasteiger partial charge in [0.15, 0.2) is 9.84 Å². The third-order valence-electron chi connectivity index (χ3n) is 5.39. The van der Waals surface area contributed by atoms with Crippen LogP contribution in [0.1, 0.15) is 25.8 Å². The first-order chi connectivity index (χ1) is 13.3. The molecule has 2 atom stereocenters. The molecule has 9 heteroatoms. The summed E-state index contributed by atoms with van der Waals surface area (Å²) in [6.07, 6.45) is 2.53. The molecule has 1 fully saturated rings. The number of fused-ring (bicyclic) bond motifs is 3. The van der Waals surface area contributed by atoms with Crippen LogP contribution in [-0.4, -0.2) is 46.2 Å². The van der Waals surface area contributed by atoms with E-state index in [1.807, 2.05) is 31.2 Å². The van der Waals surface area contributed by atoms with E-state index < -0.39 is 15.9 Å². The molecule has 3 aromatic rings. The topological polar surface area (TPSA) is 103 Å². The molecular formula is C19H22N4O4S. The Kier molecular flexibility index (Phi) is 4.49. The average Bonchev–Trinajstić information content (AvgIpc) is 3.17. The van der Waals surface area contributed by atoms with Gasteiger partial charge in [-0.05, 0) is 18.9 Å². The van der Waals surface area contributed by atoms with Gasteiger partial charge in [-0.1, -0.05) is 25.1 Å². The maximum Gasteiger partial charge on any atom is 0.291 e. The number of aryl methyl sites for hydroxylation is 1. The molecule has 1 aliphatic rings. The third-order valence-corrected chi connectivity index (χ3v) is 7.15. The fourth-order valence-electron chi connectivity index (χ4n) is 4.00. The Labute approximate surface area is 162 Å². The molecule has 1 saturated heterocycles. The van der Waals surface area contributed by atoms with E-state index in [9.17, 15) is 18.0 Å². The molecule has 1 N–H and O–H groups in total. The number of benzene rings is 1. The standard InChI is InChI=1S/C19H22N4O4S/c1-3-15(18(24)21-12-8-9-28(26,27)11-12)23-16-7-5-4-6-13(16)14-10-20-22(2)19(25)17(14)23/h4-7,10,12,15H,3,8-9,11H2,1-2H3,(H,21,24)/t12-,15+/m0/s1. The van der Waals surface area contributed by atoms with Crippen molar-refractivity contribution in [2.45, 2.75) is 31.8 Å². The lowest BCUT2D eigenvalue weighted by atomic mass is 10.1. The van der Waals surface area contributed by atoms with E-state index in [2.05, 4.69) is 10.4 Å². The second-order valence-electron chi connectivity index (χ2n) is 7.26. The molecule has 28 heavy (non-hydrogen) atoms. The zero-order valence-electron chi connectivity index (χ0n) is 15.8. The molecule has 1 aliphatic heterocycles. The molecular weight excluding hydrogens is 380 g/mol. The Hall–Kier alpha value is -2.68. The van der Waals surface area contributed by atoms with Crippen LogP contribution in [0.2, 0.25) is 0 Å². The molecule has 0 aliphatic carbocycles. The molecule has 148 valence electrons. The van der Waals surface area contributed by atoms with E-state index in [0.717, 1.165) is 10.9 Å². The molecule has 0 spiro atoms. The number of nitrogens with zero attached hydrogens (tertiary/aromatic N) is 3. The zero-order chi connectivity index (χ0) is 20.1. The maximum absolute atomic E-state index is 13.1. The van der Waals surface area contributed by atoms with Crippen molar-refractivity contribution in [1.82, 2.24) is 19.7 Å². The quantitative estimate of drug-likeness (QED) is 0.705. The summed E-state index contributed by atoms with van der Waals surface area (Å²) >= 11 is 0. The first-order valence-electron chi connectivity index (χ1n) is 9.28. The Morgan fingerprint density at radius 1 is 1.32 bits per heavy atom. The van der Waals surface area contributed by atoms with Gasteiger partial charge in [0, 0.05) is 23.9 Å². The summed E-state index contributed by atoms with van der Waals surface area (Å²) in [7, 11) is -1.51. The van der Waals surface area contributed by atoms with Crippen LogP contribution in [0.3, 0.4) is 0 Å². The Bertz CT molecular complexity index is 1240. The summed E-state index contributed by atoms with van der Waals surface area (Å²) in [5, 5.41) is 8.56. The number of para-hydroxylation sites is 1. The number of hydrogen-bond donors (Lipinski definition) is 1. The van der Waals surface area contributed by atoms with E-state index in [1.165, 1.54) is 4.68 Å². The van der Waals surface area contributed by atoms with Gasteiger partial charge in [-0.15, -0.1) is 0 Å². The number of carbonyl (C=O) groups is 1. The highest BCUT2D eigenvalue weighted by Crippen LogP contribution is 2.31. The van der Waals surface area contributed by atoms with Gasteiger partial charge in [-0.25, -0.2) is 13.1 Å². The molecule has 3 heterocycles. The average molecular weight is 402 g/mol. The summed E-state index contributed by atoms with van der Waals surface area (Å²) < 4.78 is 26.5. The fourth-order valence-corrected chi connectivity index (χ4v) is 5.68. The van der Waals surface area contributed by atoms with E-state index in [1.54, 1.807) is 17.8 Å². The van der Waals surface area contributed by atoms with Crippen LogP contribution in [-0.2, 0) is 21.7 Å². The number of rotatable bonds is 4. The van der Waals surface area contributed by atoms with Crippen LogP contribution >= 0.6 is 0 Å². The van der Waals surface area contributed by atoms with Gasteiger partial charge in [-0.3, -0.25) is 9.59 Å². The lowest BCUT2D eigenvalue weighted by molar-refractivity contribution is -0.124. The first kappa shape index (κ1) is 18.7. The number of hydrogen-bond acceptors (Lipinski definition) is 5. The summed E-state index contributed by atoms with van der Waals surface area (Å²) in [6, 6.07) is 6.52. The van der Waals surface area contributed by atoms with Gasteiger partial charge >= 0.3 is 0 Å². The number of sulfone groups is 1. The van der Waals surface area contributed by atoms with Crippen molar-refractivity contribution in [3.63, 3.8) is 0 Å². The van der Waals surface area contributed by atoms with Crippen LogP contribution in [0.5, 0.6) is 0 Å². The highest BCUT2D eigenvalue weighted by atomic mass is 32.2. The van der Waals surface area contributed by atoms with Gasteiger partial charge in [0.2, 0.25) is 5.91 Å². The van der Waals surface area contributed by atoms with Gasteiger partial charge in [0.05, 0.1) is 23.2 Å². The van der Waals surface area contributed by atoms with Crippen molar-refractivity contribution >= 4 is 37.6 Å². The highest BCUT2D eigenvalue weighted by Gasteiger charge is 2.32. The van der Waals surface area contributed by atoms with Crippen molar-refractivity contribution in [3.05, 3.63) is 40.8 Å². The van der Waals surface area contributed by atoms with Gasteiger partial charge < -0.3 is 9.88 Å². The Morgan fingerprint density at radius 2 is 2.07 bits per heavy atom. The SMILES string of the molecule is CC[C@H](C(=O)N[C@H]1CCS(=O)(=O)C1)n1c2ccccc2c2cnn(C)c(=O)c21. The summed E-state index contributed by atoms with van der Waals surface area (Å²) in [5.41, 5.74) is 0.937. The second kappa shape index (κ2) is 6.73. The van der Waals surface area contributed by atoms with Crippen LogP contribution in [0.4, 0.5) is 0 Å². The molecule has 4 rings (SSSR count). The number of aromatic nitrogens is 3. The van der Waals surface area contributed by atoms with Crippen LogP contribution < -0.4 is 10.9 Å². The molecule has 1 amide bonds. The van der Waals surface area contributed by atoms with Crippen molar-refractivity contribution in [1.29, 1.82) is 0 Å². The monoisotopic (exact) mass is 402 g/mol. The molecule has 0 radical (unpaired) electrons. The van der Waals surface area contributed by atoms with Crippen molar-refractivity contribution in [2.75, 3.05) is 11.5 Å². The largest absolute Gasteiger partial charge is 0.351 e. The summed E-state index contributed by atoms with van der Waals surface area (Å²) in [4.78, 5) is 25.9. The van der Waals surface area contributed by atoms with E-state index in [-0.39, 0.29) is 29.0 Å². The molecule has 2 aromatic heterocycles. The molecule has 1 aromatic carbocycles. The maximum atomic E-state index is 13.1. The summed E-state index contributed by atoms with van der Waals surface area (Å²) in [5.74, 6) is -0.212. The smallest absolute Gasteiger partial charge is 0.291 e. The van der Waals surface area contributed by atoms with Crippen molar-refractivity contribution in [3.8, 4) is 0 Å². The highest BCUT2D eigenvalue weighted by molar-refractivity contribution is 7.91. The molecule has 0 unspecified atom stereocenters. The predicted octanol–water partition coefficient (Wildman–Crippen LogP) is 1.14. The molecule has 0 saturated carbocycles. The van der Waals surface area contributed by atoms with E-state index >= 15 is 0 Å². The molecule has 0 bridgehead atoms. The van der Waals surface area contributed by atoms with Gasteiger partial charge in [0.25, 0.3) is 5.56 Å². The minimum absolute atomic E-state index is 0.0337. The minimum atomic E-state index is -3.09. The van der Waals surface area contributed by atoms with Gasteiger partial charge in [-0.2, -0.15) is 5.10 Å². The number of amides is 1. The van der Waals surface area contributed by atoms with E-state index in [0.29, 0.717) is 23.7 Å². The lowest BCUT2D eigenvalue weighted by Gasteiger charge is -2.21. The Morgan fingerprint density at radius 3 is 2.75 bits per heavy atom. The third kappa shape index (κ3) is 2.99. The van der Waals surface area contributed by atoms with Crippen LogP contribution in [0.15, 0.2) is 35.3 Å². The fraction of sp³-hybridized carbons (Fsp3) is 0.421. The van der Waals surface area contributed by atoms with Crippen LogP contribution in [0.25, 0.3) is 21.8 Å².